The van der Waals surface area contributed by atoms with Crippen molar-refractivity contribution in [1.82, 2.24) is 4.90 Å². The largest absolute Gasteiger partial charge is 0.379 e. The van der Waals surface area contributed by atoms with Crippen molar-refractivity contribution >= 4 is 11.6 Å². The van der Waals surface area contributed by atoms with E-state index in [1.165, 1.54) is 0 Å². The van der Waals surface area contributed by atoms with Crippen LogP contribution in [0.2, 0.25) is 0 Å². The molecule has 1 aliphatic heterocycles. The normalized spacial score (nSPS) is 21.7. The van der Waals surface area contributed by atoms with Gasteiger partial charge in [-0.25, -0.2) is 0 Å². The Bertz CT molecular complexity index is 474. The first-order valence-electron chi connectivity index (χ1n) is 7.60. The molecule has 1 aromatic rings. The molecule has 1 aromatic carbocycles. The Morgan fingerprint density at radius 2 is 2.05 bits per heavy atom. The molecule has 0 bridgehead atoms. The minimum atomic E-state index is -0.258. The van der Waals surface area contributed by atoms with Gasteiger partial charge >= 0.3 is 0 Å². The summed E-state index contributed by atoms with van der Waals surface area (Å²) in [5.41, 5.74) is 7.90. The zero-order chi connectivity index (χ0) is 15.2. The van der Waals surface area contributed by atoms with Crippen LogP contribution in [0.3, 0.4) is 0 Å². The molecule has 5 nitrogen and oxygen atoms in total. The SMILES string of the molecule is CCN(CC)Cc1ccccc1NC(=O)C1COCC1N. The van der Waals surface area contributed by atoms with Crippen molar-refractivity contribution < 1.29 is 9.53 Å². The van der Waals surface area contributed by atoms with Crippen LogP contribution in [0.25, 0.3) is 0 Å². The average Bonchev–Trinajstić information content (AvgIpc) is 2.92. The van der Waals surface area contributed by atoms with Crippen LogP contribution < -0.4 is 11.1 Å². The van der Waals surface area contributed by atoms with Gasteiger partial charge in [0.2, 0.25) is 5.91 Å². The Kier molecular flexibility index (Phi) is 5.73. The van der Waals surface area contributed by atoms with Crippen LogP contribution in [0.4, 0.5) is 5.69 Å². The number of carbonyl (C=O) groups excluding carboxylic acids is 1. The molecule has 0 saturated carbocycles. The molecule has 1 amide bonds. The summed E-state index contributed by atoms with van der Waals surface area (Å²) >= 11 is 0. The lowest BCUT2D eigenvalue weighted by atomic mass is 10.0. The van der Waals surface area contributed by atoms with E-state index in [0.29, 0.717) is 13.2 Å². The fourth-order valence-electron chi connectivity index (χ4n) is 2.53. The highest BCUT2D eigenvalue weighted by Gasteiger charge is 2.31. The van der Waals surface area contributed by atoms with Gasteiger partial charge in [0, 0.05) is 18.3 Å². The molecule has 0 aromatic heterocycles. The summed E-state index contributed by atoms with van der Waals surface area (Å²) in [6.07, 6.45) is 0. The van der Waals surface area contributed by atoms with Crippen LogP contribution >= 0.6 is 0 Å². The maximum Gasteiger partial charge on any atom is 0.231 e. The van der Waals surface area contributed by atoms with Crippen molar-refractivity contribution in [1.29, 1.82) is 0 Å². The molecule has 1 aliphatic rings. The summed E-state index contributed by atoms with van der Waals surface area (Å²) in [7, 11) is 0. The molecule has 1 saturated heterocycles. The molecule has 3 N–H and O–H groups in total. The minimum Gasteiger partial charge on any atom is -0.379 e. The molecular weight excluding hydrogens is 266 g/mol. The summed E-state index contributed by atoms with van der Waals surface area (Å²) in [6, 6.07) is 7.72. The predicted octanol–water partition coefficient (Wildman–Crippen LogP) is 1.44. The predicted molar refractivity (Wildman–Crippen MR) is 84.0 cm³/mol. The lowest BCUT2D eigenvalue weighted by Crippen LogP contribution is -2.37. The number of hydrogen-bond donors (Lipinski definition) is 2. The molecule has 5 heteroatoms. The van der Waals surface area contributed by atoms with E-state index in [2.05, 4.69) is 30.1 Å². The van der Waals surface area contributed by atoms with Crippen molar-refractivity contribution in [2.24, 2.45) is 11.7 Å². The van der Waals surface area contributed by atoms with Crippen LogP contribution in [0.15, 0.2) is 24.3 Å². The highest BCUT2D eigenvalue weighted by molar-refractivity contribution is 5.94. The topological polar surface area (TPSA) is 67.6 Å². The van der Waals surface area contributed by atoms with Gasteiger partial charge in [0.1, 0.15) is 0 Å². The molecule has 0 aliphatic carbocycles. The maximum atomic E-state index is 12.3. The van der Waals surface area contributed by atoms with Gasteiger partial charge in [0.25, 0.3) is 0 Å². The lowest BCUT2D eigenvalue weighted by molar-refractivity contribution is -0.120. The number of nitrogens with zero attached hydrogens (tertiary/aromatic N) is 1. The number of anilines is 1. The molecule has 2 unspecified atom stereocenters. The Morgan fingerprint density at radius 3 is 2.67 bits per heavy atom. The first kappa shape index (κ1) is 15.9. The Hall–Kier alpha value is -1.43. The fraction of sp³-hybridized carbons (Fsp3) is 0.562. The molecule has 21 heavy (non-hydrogen) atoms. The summed E-state index contributed by atoms with van der Waals surface area (Å²) in [4.78, 5) is 14.6. The van der Waals surface area contributed by atoms with E-state index in [1.807, 2.05) is 18.2 Å². The van der Waals surface area contributed by atoms with Crippen LogP contribution in [0, 0.1) is 5.92 Å². The molecule has 0 spiro atoms. The number of nitrogens with two attached hydrogens (primary N) is 1. The van der Waals surface area contributed by atoms with E-state index < -0.39 is 0 Å². The highest BCUT2D eigenvalue weighted by atomic mass is 16.5. The maximum absolute atomic E-state index is 12.3. The van der Waals surface area contributed by atoms with Crippen molar-refractivity contribution in [3.05, 3.63) is 29.8 Å². The third-order valence-electron chi connectivity index (χ3n) is 4.02. The van der Waals surface area contributed by atoms with Crippen molar-refractivity contribution in [2.75, 3.05) is 31.6 Å². The first-order chi connectivity index (χ1) is 10.2. The van der Waals surface area contributed by atoms with E-state index in [-0.39, 0.29) is 17.9 Å². The minimum absolute atomic E-state index is 0.0491. The zero-order valence-electron chi connectivity index (χ0n) is 12.8. The van der Waals surface area contributed by atoms with Gasteiger partial charge in [-0.05, 0) is 24.7 Å². The van der Waals surface area contributed by atoms with Gasteiger partial charge in [-0.15, -0.1) is 0 Å². The Balaban J connectivity index is 2.07. The monoisotopic (exact) mass is 291 g/mol. The van der Waals surface area contributed by atoms with E-state index in [0.717, 1.165) is 30.9 Å². The van der Waals surface area contributed by atoms with Crippen LogP contribution in [-0.2, 0) is 16.1 Å². The van der Waals surface area contributed by atoms with Gasteiger partial charge in [0.15, 0.2) is 0 Å². The number of benzene rings is 1. The van der Waals surface area contributed by atoms with Gasteiger partial charge in [-0.2, -0.15) is 0 Å². The highest BCUT2D eigenvalue weighted by Crippen LogP contribution is 2.20. The number of ether oxygens (including phenoxy) is 1. The molecule has 1 heterocycles. The second-order valence-corrected chi connectivity index (χ2v) is 5.42. The van der Waals surface area contributed by atoms with Gasteiger partial charge in [0.05, 0.1) is 19.1 Å². The van der Waals surface area contributed by atoms with E-state index >= 15 is 0 Å². The van der Waals surface area contributed by atoms with Gasteiger partial charge < -0.3 is 15.8 Å². The van der Waals surface area contributed by atoms with Crippen LogP contribution in [0.5, 0.6) is 0 Å². The third-order valence-corrected chi connectivity index (χ3v) is 4.02. The number of para-hydroxylation sites is 1. The van der Waals surface area contributed by atoms with Crippen molar-refractivity contribution in [2.45, 2.75) is 26.4 Å². The van der Waals surface area contributed by atoms with Gasteiger partial charge in [-0.3, -0.25) is 9.69 Å². The standard InChI is InChI=1S/C16H25N3O2/c1-3-19(4-2)9-12-7-5-6-8-15(12)18-16(20)13-10-21-11-14(13)17/h5-8,13-14H,3-4,9-11,17H2,1-2H3,(H,18,20). The van der Waals surface area contributed by atoms with E-state index in [9.17, 15) is 4.79 Å². The average molecular weight is 291 g/mol. The van der Waals surface area contributed by atoms with Gasteiger partial charge in [-0.1, -0.05) is 32.0 Å². The Morgan fingerprint density at radius 1 is 1.33 bits per heavy atom. The summed E-state index contributed by atoms with van der Waals surface area (Å²) in [5.74, 6) is -0.307. The fourth-order valence-corrected chi connectivity index (χ4v) is 2.53. The summed E-state index contributed by atoms with van der Waals surface area (Å²) < 4.78 is 5.26. The number of hydrogen-bond acceptors (Lipinski definition) is 4. The lowest BCUT2D eigenvalue weighted by Gasteiger charge is -2.21. The Labute approximate surface area is 126 Å². The molecular formula is C16H25N3O2. The molecule has 0 radical (unpaired) electrons. The quantitative estimate of drug-likeness (QED) is 0.832. The van der Waals surface area contributed by atoms with E-state index in [4.69, 9.17) is 10.5 Å². The molecule has 2 atom stereocenters. The van der Waals surface area contributed by atoms with Crippen LogP contribution in [-0.4, -0.2) is 43.2 Å². The van der Waals surface area contributed by atoms with Crippen LogP contribution in [0.1, 0.15) is 19.4 Å². The van der Waals surface area contributed by atoms with Crippen molar-refractivity contribution in [3.63, 3.8) is 0 Å². The summed E-state index contributed by atoms with van der Waals surface area (Å²) in [5, 5.41) is 3.01. The second-order valence-electron chi connectivity index (χ2n) is 5.42. The third kappa shape index (κ3) is 4.03. The molecule has 1 fully saturated rings. The first-order valence-corrected chi connectivity index (χ1v) is 7.60. The second kappa shape index (κ2) is 7.54. The molecule has 116 valence electrons. The number of carbonyl (C=O) groups is 1. The molecule has 2 rings (SSSR count). The zero-order valence-corrected chi connectivity index (χ0v) is 12.8. The van der Waals surface area contributed by atoms with E-state index in [1.54, 1.807) is 0 Å². The number of nitrogens with one attached hydrogen (secondary N) is 1. The number of rotatable bonds is 6. The smallest absolute Gasteiger partial charge is 0.231 e. The van der Waals surface area contributed by atoms with Crippen molar-refractivity contribution in [3.8, 4) is 0 Å². The summed E-state index contributed by atoms with van der Waals surface area (Å²) in [6.45, 7) is 7.94. The number of amides is 1.